The molecule has 4 rings (SSSR count). The van der Waals surface area contributed by atoms with Crippen LogP contribution >= 0.6 is 0 Å². The first kappa shape index (κ1) is 14.5. The summed E-state index contributed by atoms with van der Waals surface area (Å²) in [6.07, 6.45) is 8.13. The highest BCUT2D eigenvalue weighted by Gasteiger charge is 2.27. The van der Waals surface area contributed by atoms with Crippen LogP contribution in [0.5, 0.6) is 0 Å². The Bertz CT molecular complexity index is 714. The van der Waals surface area contributed by atoms with E-state index >= 15 is 0 Å². The zero-order valence-corrected chi connectivity index (χ0v) is 13.7. The molecule has 2 aromatic rings. The van der Waals surface area contributed by atoms with Gasteiger partial charge < -0.3 is 9.47 Å². The van der Waals surface area contributed by atoms with E-state index in [0.717, 1.165) is 38.0 Å². The van der Waals surface area contributed by atoms with Gasteiger partial charge in [0.25, 0.3) is 0 Å². The highest BCUT2D eigenvalue weighted by molar-refractivity contribution is 5.77. The number of hydrogen-bond donors (Lipinski definition) is 1. The zero-order chi connectivity index (χ0) is 15.8. The lowest BCUT2D eigenvalue weighted by Gasteiger charge is -2.35. The van der Waals surface area contributed by atoms with Crippen LogP contribution in [0.3, 0.4) is 0 Å². The SMILES string of the molecule is CC1c2cccn2CCN1C(=O)CCc1n[nH]c2c1CCCC2. The molecule has 2 aromatic heterocycles. The van der Waals surface area contributed by atoms with Crippen LogP contribution in [0.4, 0.5) is 0 Å². The van der Waals surface area contributed by atoms with E-state index in [2.05, 4.69) is 40.0 Å². The van der Waals surface area contributed by atoms with Crippen LogP contribution in [0.2, 0.25) is 0 Å². The minimum atomic E-state index is 0.166. The van der Waals surface area contributed by atoms with E-state index in [1.807, 2.05) is 4.90 Å². The second kappa shape index (κ2) is 5.87. The molecule has 0 saturated heterocycles. The number of H-pyrrole nitrogens is 1. The number of aromatic nitrogens is 3. The third-order valence-corrected chi connectivity index (χ3v) is 5.38. The van der Waals surface area contributed by atoms with Crippen molar-refractivity contribution in [3.8, 4) is 0 Å². The first-order valence-electron chi connectivity index (χ1n) is 8.73. The number of nitrogens with one attached hydrogen (secondary N) is 1. The molecule has 0 fully saturated rings. The molecule has 1 atom stereocenters. The first-order chi connectivity index (χ1) is 11.2. The molecule has 1 aliphatic heterocycles. The normalized spacial score (nSPS) is 20.2. The molecule has 0 bridgehead atoms. The third kappa shape index (κ3) is 2.58. The maximum atomic E-state index is 12.7. The summed E-state index contributed by atoms with van der Waals surface area (Å²) in [4.78, 5) is 14.7. The third-order valence-electron chi connectivity index (χ3n) is 5.38. The van der Waals surface area contributed by atoms with Gasteiger partial charge in [-0.2, -0.15) is 5.10 Å². The van der Waals surface area contributed by atoms with Crippen molar-refractivity contribution in [2.24, 2.45) is 0 Å². The van der Waals surface area contributed by atoms with Crippen molar-refractivity contribution < 1.29 is 4.79 Å². The van der Waals surface area contributed by atoms with E-state index < -0.39 is 0 Å². The molecule has 0 aromatic carbocycles. The summed E-state index contributed by atoms with van der Waals surface area (Å²) in [7, 11) is 0. The topological polar surface area (TPSA) is 53.9 Å². The maximum absolute atomic E-state index is 12.7. The van der Waals surface area contributed by atoms with Crippen LogP contribution in [0.25, 0.3) is 0 Å². The number of rotatable bonds is 3. The highest BCUT2D eigenvalue weighted by Crippen LogP contribution is 2.27. The van der Waals surface area contributed by atoms with Crippen LogP contribution in [0.15, 0.2) is 18.3 Å². The number of amides is 1. The summed E-state index contributed by atoms with van der Waals surface area (Å²) >= 11 is 0. The number of aromatic amines is 1. The molecular weight excluding hydrogens is 288 g/mol. The number of carbonyl (C=O) groups is 1. The van der Waals surface area contributed by atoms with Crippen LogP contribution in [0, 0.1) is 0 Å². The Morgan fingerprint density at radius 3 is 3.13 bits per heavy atom. The molecule has 1 unspecified atom stereocenters. The van der Waals surface area contributed by atoms with E-state index in [4.69, 9.17) is 0 Å². The number of aryl methyl sites for hydroxylation is 2. The Labute approximate surface area is 136 Å². The van der Waals surface area contributed by atoms with Crippen LogP contribution in [-0.2, 0) is 30.6 Å². The van der Waals surface area contributed by atoms with Crippen molar-refractivity contribution in [3.05, 3.63) is 41.0 Å². The summed E-state index contributed by atoms with van der Waals surface area (Å²) in [6, 6.07) is 4.35. The molecule has 0 saturated carbocycles. The average molecular weight is 312 g/mol. The highest BCUT2D eigenvalue weighted by atomic mass is 16.2. The van der Waals surface area contributed by atoms with E-state index in [1.54, 1.807) is 0 Å². The summed E-state index contributed by atoms with van der Waals surface area (Å²) in [6.45, 7) is 3.83. The monoisotopic (exact) mass is 312 g/mol. The maximum Gasteiger partial charge on any atom is 0.223 e. The Morgan fingerprint density at radius 2 is 2.22 bits per heavy atom. The van der Waals surface area contributed by atoms with Gasteiger partial charge in [-0.15, -0.1) is 0 Å². The molecule has 23 heavy (non-hydrogen) atoms. The molecule has 3 heterocycles. The van der Waals surface area contributed by atoms with Gasteiger partial charge in [-0.05, 0) is 50.3 Å². The van der Waals surface area contributed by atoms with Crippen LogP contribution in [0.1, 0.15) is 54.9 Å². The molecule has 0 radical (unpaired) electrons. The van der Waals surface area contributed by atoms with Crippen molar-refractivity contribution in [3.63, 3.8) is 0 Å². The number of fused-ring (bicyclic) bond motifs is 2. The predicted molar refractivity (Wildman–Crippen MR) is 88.1 cm³/mol. The summed E-state index contributed by atoms with van der Waals surface area (Å²) in [5.74, 6) is 0.248. The standard InChI is InChI=1S/C18H24N4O/c1-13-17-7-4-10-21(17)11-12-22(13)18(23)9-8-16-14-5-2-3-6-15(14)19-20-16/h4,7,10,13H,2-3,5-6,8-9,11-12H2,1H3,(H,19,20). The lowest BCUT2D eigenvalue weighted by atomic mass is 9.94. The minimum Gasteiger partial charge on any atom is -0.348 e. The average Bonchev–Trinajstić information content (AvgIpc) is 3.20. The quantitative estimate of drug-likeness (QED) is 0.947. The van der Waals surface area contributed by atoms with Crippen molar-refractivity contribution in [2.75, 3.05) is 6.54 Å². The fraction of sp³-hybridized carbons (Fsp3) is 0.556. The second-order valence-electron chi connectivity index (χ2n) is 6.72. The first-order valence-corrected chi connectivity index (χ1v) is 8.73. The van der Waals surface area contributed by atoms with Gasteiger partial charge >= 0.3 is 0 Å². The number of carbonyl (C=O) groups excluding carboxylic acids is 1. The Kier molecular flexibility index (Phi) is 3.71. The van der Waals surface area contributed by atoms with Crippen molar-refractivity contribution in [1.82, 2.24) is 19.7 Å². The minimum absolute atomic E-state index is 0.166. The van der Waals surface area contributed by atoms with E-state index in [9.17, 15) is 4.79 Å². The lowest BCUT2D eigenvalue weighted by Crippen LogP contribution is -2.40. The van der Waals surface area contributed by atoms with Gasteiger partial charge in [0, 0.05) is 43.5 Å². The van der Waals surface area contributed by atoms with Gasteiger partial charge in [-0.1, -0.05) is 0 Å². The fourth-order valence-corrected chi connectivity index (χ4v) is 4.05. The molecule has 5 heteroatoms. The smallest absolute Gasteiger partial charge is 0.223 e. The Morgan fingerprint density at radius 1 is 1.35 bits per heavy atom. The number of nitrogens with zero attached hydrogens (tertiary/aromatic N) is 3. The largest absolute Gasteiger partial charge is 0.348 e. The van der Waals surface area contributed by atoms with Crippen LogP contribution in [-0.4, -0.2) is 32.1 Å². The Balaban J connectivity index is 1.42. The molecule has 122 valence electrons. The Hall–Kier alpha value is -2.04. The molecule has 1 aliphatic carbocycles. The molecule has 0 spiro atoms. The zero-order valence-electron chi connectivity index (χ0n) is 13.7. The van der Waals surface area contributed by atoms with Crippen molar-refractivity contribution in [1.29, 1.82) is 0 Å². The van der Waals surface area contributed by atoms with Gasteiger partial charge in [0.1, 0.15) is 0 Å². The summed E-state index contributed by atoms with van der Waals surface area (Å²) in [5, 5.41) is 7.63. The predicted octanol–water partition coefficient (Wildman–Crippen LogP) is 2.63. The van der Waals surface area contributed by atoms with E-state index in [0.29, 0.717) is 6.42 Å². The van der Waals surface area contributed by atoms with Crippen molar-refractivity contribution in [2.45, 2.75) is 58.0 Å². The van der Waals surface area contributed by atoms with E-state index in [-0.39, 0.29) is 11.9 Å². The molecule has 1 N–H and O–H groups in total. The van der Waals surface area contributed by atoms with Gasteiger partial charge in [-0.3, -0.25) is 9.89 Å². The fourth-order valence-electron chi connectivity index (χ4n) is 4.05. The van der Waals surface area contributed by atoms with Crippen LogP contribution < -0.4 is 0 Å². The van der Waals surface area contributed by atoms with Gasteiger partial charge in [0.15, 0.2) is 0 Å². The number of hydrogen-bond acceptors (Lipinski definition) is 2. The molecule has 5 nitrogen and oxygen atoms in total. The summed E-state index contributed by atoms with van der Waals surface area (Å²) in [5.41, 5.74) is 5.02. The molecular formula is C18H24N4O. The van der Waals surface area contributed by atoms with Gasteiger partial charge in [-0.25, -0.2) is 0 Å². The van der Waals surface area contributed by atoms with Gasteiger partial charge in [0.05, 0.1) is 11.7 Å². The van der Waals surface area contributed by atoms with Gasteiger partial charge in [0.2, 0.25) is 5.91 Å². The summed E-state index contributed by atoms with van der Waals surface area (Å²) < 4.78 is 2.25. The second-order valence-corrected chi connectivity index (χ2v) is 6.72. The van der Waals surface area contributed by atoms with E-state index in [1.165, 1.54) is 29.8 Å². The molecule has 2 aliphatic rings. The lowest BCUT2D eigenvalue weighted by molar-refractivity contribution is -0.134. The van der Waals surface area contributed by atoms with Crippen molar-refractivity contribution >= 4 is 5.91 Å². The molecule has 1 amide bonds.